The van der Waals surface area contributed by atoms with E-state index in [1.54, 1.807) is 0 Å². The van der Waals surface area contributed by atoms with Gasteiger partial charge in [-0.3, -0.25) is 9.58 Å². The zero-order chi connectivity index (χ0) is 12.6. The minimum atomic E-state index is 0.253. The van der Waals surface area contributed by atoms with E-state index in [1.807, 2.05) is 11.7 Å². The normalized spacial score (nSPS) is 25.7. The molecule has 1 aromatic heterocycles. The predicted octanol–water partition coefficient (Wildman–Crippen LogP) is 1.52. The number of likely N-dealkylation sites (tertiary alicyclic amines) is 1. The molecule has 2 N–H and O–H groups in total. The quantitative estimate of drug-likeness (QED) is 0.865. The van der Waals surface area contributed by atoms with Crippen LogP contribution >= 0.6 is 0 Å². The summed E-state index contributed by atoms with van der Waals surface area (Å²) in [5, 5.41) is 4.52. The molecule has 1 saturated heterocycles. The Balaban J connectivity index is 2.36. The Bertz CT molecular complexity index is 394. The van der Waals surface area contributed by atoms with E-state index in [1.165, 1.54) is 17.7 Å². The van der Waals surface area contributed by atoms with E-state index >= 15 is 0 Å². The molecule has 1 fully saturated rings. The fraction of sp³-hybridized carbons (Fsp3) is 0.769. The Morgan fingerprint density at radius 2 is 2.12 bits per heavy atom. The zero-order valence-electron chi connectivity index (χ0n) is 11.4. The molecular formula is C13H24N4. The molecule has 2 unspecified atom stereocenters. The Morgan fingerprint density at radius 3 is 2.65 bits per heavy atom. The van der Waals surface area contributed by atoms with Gasteiger partial charge in [0, 0.05) is 30.9 Å². The van der Waals surface area contributed by atoms with Crippen molar-refractivity contribution >= 4 is 0 Å². The molecule has 1 aliphatic heterocycles. The molecule has 1 aliphatic rings. The van der Waals surface area contributed by atoms with Crippen LogP contribution in [-0.2, 0) is 7.05 Å². The van der Waals surface area contributed by atoms with Crippen LogP contribution in [0.25, 0.3) is 0 Å². The Labute approximate surface area is 104 Å². The summed E-state index contributed by atoms with van der Waals surface area (Å²) in [5.74, 6) is 0. The fourth-order valence-electron chi connectivity index (χ4n) is 3.04. The maximum atomic E-state index is 6.30. The highest BCUT2D eigenvalue weighted by molar-refractivity contribution is 5.30. The van der Waals surface area contributed by atoms with Crippen molar-refractivity contribution < 1.29 is 0 Å². The Morgan fingerprint density at radius 1 is 1.41 bits per heavy atom. The lowest BCUT2D eigenvalue weighted by molar-refractivity contribution is 0.247. The molecule has 4 heteroatoms. The van der Waals surface area contributed by atoms with E-state index in [9.17, 15) is 0 Å². The van der Waals surface area contributed by atoms with Crippen molar-refractivity contribution in [3.8, 4) is 0 Å². The first-order valence-corrected chi connectivity index (χ1v) is 6.56. The molecule has 0 aliphatic carbocycles. The van der Waals surface area contributed by atoms with E-state index < -0.39 is 0 Å². The molecule has 0 bridgehead atoms. The summed E-state index contributed by atoms with van der Waals surface area (Å²) in [4.78, 5) is 2.52. The van der Waals surface area contributed by atoms with Crippen molar-refractivity contribution in [2.45, 2.75) is 45.7 Å². The van der Waals surface area contributed by atoms with Crippen molar-refractivity contribution in [2.75, 3.05) is 13.1 Å². The number of rotatable bonds is 3. The largest absolute Gasteiger partial charge is 0.326 e. The van der Waals surface area contributed by atoms with Gasteiger partial charge in [-0.15, -0.1) is 0 Å². The second kappa shape index (κ2) is 4.78. The summed E-state index contributed by atoms with van der Waals surface area (Å²) < 4.78 is 1.97. The average molecular weight is 236 g/mol. The van der Waals surface area contributed by atoms with E-state index in [-0.39, 0.29) is 6.04 Å². The third-order valence-corrected chi connectivity index (χ3v) is 3.92. The highest BCUT2D eigenvalue weighted by atomic mass is 15.3. The van der Waals surface area contributed by atoms with Crippen molar-refractivity contribution in [3.05, 3.63) is 17.0 Å². The van der Waals surface area contributed by atoms with Crippen LogP contribution in [-0.4, -0.2) is 33.8 Å². The molecule has 96 valence electrons. The second-order valence-corrected chi connectivity index (χ2v) is 5.14. The van der Waals surface area contributed by atoms with Gasteiger partial charge in [0.25, 0.3) is 0 Å². The molecular weight excluding hydrogens is 212 g/mol. The third-order valence-electron chi connectivity index (χ3n) is 3.92. The number of hydrogen-bond donors (Lipinski definition) is 1. The average Bonchev–Trinajstić information content (AvgIpc) is 2.72. The first-order chi connectivity index (χ1) is 8.06. The van der Waals surface area contributed by atoms with Crippen LogP contribution in [0.4, 0.5) is 0 Å². The van der Waals surface area contributed by atoms with Gasteiger partial charge in [0.15, 0.2) is 0 Å². The van der Waals surface area contributed by atoms with Gasteiger partial charge in [-0.1, -0.05) is 6.92 Å². The first kappa shape index (κ1) is 12.6. The summed E-state index contributed by atoms with van der Waals surface area (Å²) in [5.41, 5.74) is 10.0. The minimum absolute atomic E-state index is 0.253. The maximum absolute atomic E-state index is 6.30. The van der Waals surface area contributed by atoms with Crippen LogP contribution in [0.5, 0.6) is 0 Å². The van der Waals surface area contributed by atoms with Crippen LogP contribution in [0, 0.1) is 13.8 Å². The maximum Gasteiger partial charge on any atom is 0.0644 e. The van der Waals surface area contributed by atoms with Gasteiger partial charge >= 0.3 is 0 Å². The van der Waals surface area contributed by atoms with Gasteiger partial charge in [0.05, 0.1) is 11.7 Å². The summed E-state index contributed by atoms with van der Waals surface area (Å²) in [6.07, 6.45) is 2.28. The monoisotopic (exact) mass is 236 g/mol. The van der Waals surface area contributed by atoms with Crippen molar-refractivity contribution in [1.82, 2.24) is 14.7 Å². The molecule has 0 radical (unpaired) electrons. The van der Waals surface area contributed by atoms with E-state index in [0.717, 1.165) is 25.2 Å². The molecule has 2 atom stereocenters. The number of hydrogen-bond acceptors (Lipinski definition) is 3. The van der Waals surface area contributed by atoms with Crippen molar-refractivity contribution in [3.63, 3.8) is 0 Å². The van der Waals surface area contributed by atoms with E-state index in [0.29, 0.717) is 6.04 Å². The predicted molar refractivity (Wildman–Crippen MR) is 69.9 cm³/mol. The summed E-state index contributed by atoms with van der Waals surface area (Å²) in [6.45, 7) is 8.71. The van der Waals surface area contributed by atoms with Crippen LogP contribution in [0.15, 0.2) is 0 Å². The lowest BCUT2D eigenvalue weighted by Gasteiger charge is -2.27. The molecule has 17 heavy (non-hydrogen) atoms. The summed E-state index contributed by atoms with van der Waals surface area (Å²) in [7, 11) is 2.01. The van der Waals surface area contributed by atoms with Gasteiger partial charge in [0.1, 0.15) is 0 Å². The first-order valence-electron chi connectivity index (χ1n) is 6.56. The second-order valence-electron chi connectivity index (χ2n) is 5.14. The highest BCUT2D eigenvalue weighted by Gasteiger charge is 2.35. The topological polar surface area (TPSA) is 47.1 Å². The Hall–Kier alpha value is -0.870. The lowest BCUT2D eigenvalue weighted by Crippen LogP contribution is -2.33. The van der Waals surface area contributed by atoms with Crippen LogP contribution in [0.3, 0.4) is 0 Å². The molecule has 2 rings (SSSR count). The van der Waals surface area contributed by atoms with Gasteiger partial charge in [-0.2, -0.15) is 5.10 Å². The van der Waals surface area contributed by atoms with Crippen molar-refractivity contribution in [1.29, 1.82) is 0 Å². The number of nitrogens with two attached hydrogens (primary N) is 1. The van der Waals surface area contributed by atoms with E-state index in [2.05, 4.69) is 30.8 Å². The standard InChI is InChI=1S/C13H24N4/c1-5-7-17-8-6-11(14)13(17)12-9(2)15-16(4)10(12)3/h11,13H,5-8,14H2,1-4H3. The highest BCUT2D eigenvalue weighted by Crippen LogP contribution is 2.34. The molecule has 0 saturated carbocycles. The van der Waals surface area contributed by atoms with Gasteiger partial charge in [0.2, 0.25) is 0 Å². The van der Waals surface area contributed by atoms with Crippen molar-refractivity contribution in [2.24, 2.45) is 12.8 Å². The lowest BCUT2D eigenvalue weighted by atomic mass is 9.99. The zero-order valence-corrected chi connectivity index (χ0v) is 11.4. The summed E-state index contributed by atoms with van der Waals surface area (Å²) >= 11 is 0. The Kier molecular flexibility index (Phi) is 3.54. The third kappa shape index (κ3) is 2.11. The smallest absolute Gasteiger partial charge is 0.0644 e. The number of nitrogens with zero attached hydrogens (tertiary/aromatic N) is 3. The molecule has 4 nitrogen and oxygen atoms in total. The fourth-order valence-corrected chi connectivity index (χ4v) is 3.04. The van der Waals surface area contributed by atoms with Crippen LogP contribution in [0.1, 0.15) is 42.8 Å². The molecule has 0 spiro atoms. The number of aromatic nitrogens is 2. The molecule has 0 amide bonds. The molecule has 1 aromatic rings. The van der Waals surface area contributed by atoms with E-state index in [4.69, 9.17) is 5.73 Å². The SMILES string of the molecule is CCCN1CCC(N)C1c1c(C)nn(C)c1C. The van der Waals surface area contributed by atoms with Crippen LogP contribution in [0.2, 0.25) is 0 Å². The molecule has 2 heterocycles. The number of aryl methyl sites for hydroxylation is 2. The van der Waals surface area contributed by atoms with Crippen LogP contribution < -0.4 is 5.73 Å². The van der Waals surface area contributed by atoms with Gasteiger partial charge in [-0.25, -0.2) is 0 Å². The summed E-state index contributed by atoms with van der Waals surface area (Å²) in [6, 6.07) is 0.617. The van der Waals surface area contributed by atoms with Gasteiger partial charge < -0.3 is 5.73 Å². The molecule has 0 aromatic carbocycles. The van der Waals surface area contributed by atoms with Gasteiger partial charge in [-0.05, 0) is 33.2 Å². The minimum Gasteiger partial charge on any atom is -0.326 e.